The first-order chi connectivity index (χ1) is 14.0. The van der Waals surface area contributed by atoms with Gasteiger partial charge in [0.25, 0.3) is 5.91 Å². The van der Waals surface area contributed by atoms with E-state index in [-0.39, 0.29) is 36.1 Å². The molecule has 3 aliphatic rings. The summed E-state index contributed by atoms with van der Waals surface area (Å²) in [6.07, 6.45) is 0.0793. The standard InChI is InChI=1S/C20H21N3O7/c1-22(2)11-3-4-12(24)15-10(11)6-8-5-9-7-13(25)16(18(21)27)20(29)23(9,30)19(28)14(8)17(15)26/h3-4,8-9,30H,5-7H2,1-2H3,(H4-,21,24,25,26,27,28,29)/p+1. The Morgan fingerprint density at radius 3 is 2.40 bits per heavy atom. The molecule has 3 atom stereocenters. The highest BCUT2D eigenvalue weighted by molar-refractivity contribution is 6.19. The molecule has 10 heteroatoms. The molecule has 1 fully saturated rings. The number of anilines is 1. The van der Waals surface area contributed by atoms with Crippen molar-refractivity contribution >= 4 is 29.2 Å². The number of hydrogen-bond donors (Lipinski definition) is 5. The quantitative estimate of drug-likeness (QED) is 0.203. The molecule has 10 nitrogen and oxygen atoms in total. The zero-order valence-electron chi connectivity index (χ0n) is 16.4. The Morgan fingerprint density at radius 1 is 1.13 bits per heavy atom. The predicted molar refractivity (Wildman–Crippen MR) is 103 cm³/mol. The number of imide groups is 1. The Balaban J connectivity index is 1.91. The van der Waals surface area contributed by atoms with E-state index in [0.717, 1.165) is 5.69 Å². The van der Waals surface area contributed by atoms with E-state index in [1.54, 1.807) is 20.2 Å². The predicted octanol–water partition coefficient (Wildman–Crippen LogP) is 0.632. The number of nitrogens with zero attached hydrogens (tertiary/aromatic N) is 2. The molecule has 0 bridgehead atoms. The third kappa shape index (κ3) is 2.40. The van der Waals surface area contributed by atoms with Crippen LogP contribution in [0.25, 0.3) is 5.76 Å². The van der Waals surface area contributed by atoms with Gasteiger partial charge in [-0.3, -0.25) is 4.79 Å². The second kappa shape index (κ2) is 6.31. The van der Waals surface area contributed by atoms with Gasteiger partial charge in [-0.25, -0.2) is 14.8 Å². The average Bonchev–Trinajstić information content (AvgIpc) is 2.64. The Bertz CT molecular complexity index is 1090. The highest BCUT2D eigenvalue weighted by Gasteiger charge is 2.64. The summed E-state index contributed by atoms with van der Waals surface area (Å²) >= 11 is 0. The number of aliphatic hydroxyl groups excluding tert-OH is 2. The summed E-state index contributed by atoms with van der Waals surface area (Å²) in [5.41, 5.74) is 5.59. The van der Waals surface area contributed by atoms with Gasteiger partial charge < -0.3 is 26.0 Å². The van der Waals surface area contributed by atoms with E-state index in [2.05, 4.69) is 0 Å². The first-order valence-electron chi connectivity index (χ1n) is 9.38. The zero-order valence-corrected chi connectivity index (χ0v) is 16.4. The number of carbonyl (C=O) groups is 3. The van der Waals surface area contributed by atoms with Crippen molar-refractivity contribution in [3.05, 3.63) is 40.2 Å². The normalized spacial score (nSPS) is 28.1. The molecule has 1 aliphatic carbocycles. The molecular weight excluding hydrogens is 394 g/mol. The van der Waals surface area contributed by atoms with Crippen LogP contribution in [-0.2, 0) is 20.8 Å². The van der Waals surface area contributed by atoms with Gasteiger partial charge in [-0.05, 0) is 28.8 Å². The number of piperidine rings is 1. The number of quaternary nitrogens is 1. The lowest BCUT2D eigenvalue weighted by Crippen LogP contribution is -2.68. The zero-order chi connectivity index (χ0) is 22.1. The summed E-state index contributed by atoms with van der Waals surface area (Å²) in [6, 6.07) is 2.06. The van der Waals surface area contributed by atoms with Crippen LogP contribution in [0.1, 0.15) is 24.0 Å². The van der Waals surface area contributed by atoms with Gasteiger partial charge in [0.2, 0.25) is 0 Å². The van der Waals surface area contributed by atoms with E-state index in [1.807, 2.05) is 4.90 Å². The van der Waals surface area contributed by atoms with Crippen molar-refractivity contribution in [2.24, 2.45) is 11.7 Å². The van der Waals surface area contributed by atoms with Gasteiger partial charge in [-0.15, -0.1) is 0 Å². The maximum atomic E-state index is 13.3. The molecule has 0 spiro atoms. The lowest BCUT2D eigenvalue weighted by atomic mass is 9.73. The smallest absolute Gasteiger partial charge is 0.395 e. The number of hydroxylamine groups is 3. The van der Waals surface area contributed by atoms with Crippen LogP contribution in [0.3, 0.4) is 0 Å². The molecule has 0 aromatic heterocycles. The van der Waals surface area contributed by atoms with Crippen LogP contribution in [0.15, 0.2) is 29.0 Å². The number of nitrogens with two attached hydrogens (primary N) is 1. The highest BCUT2D eigenvalue weighted by Crippen LogP contribution is 2.49. The molecule has 1 saturated heterocycles. The van der Waals surface area contributed by atoms with Crippen molar-refractivity contribution in [2.45, 2.75) is 25.3 Å². The van der Waals surface area contributed by atoms with Crippen LogP contribution >= 0.6 is 0 Å². The molecule has 0 saturated carbocycles. The molecule has 1 aromatic rings. The van der Waals surface area contributed by atoms with Crippen molar-refractivity contribution in [1.82, 2.24) is 0 Å². The van der Waals surface area contributed by atoms with Crippen molar-refractivity contribution in [2.75, 3.05) is 19.0 Å². The minimum Gasteiger partial charge on any atom is -0.511 e. The summed E-state index contributed by atoms with van der Waals surface area (Å²) in [4.78, 5) is 39.5. The van der Waals surface area contributed by atoms with E-state index in [4.69, 9.17) is 5.73 Å². The number of rotatable bonds is 2. The third-order valence-corrected chi connectivity index (χ3v) is 6.21. The number of aliphatic hydroxyl groups is 2. The molecule has 3 amide bonds. The minimum absolute atomic E-state index is 0.0730. The van der Waals surface area contributed by atoms with Crippen LogP contribution in [0, 0.1) is 5.92 Å². The van der Waals surface area contributed by atoms with Crippen LogP contribution < -0.4 is 10.6 Å². The van der Waals surface area contributed by atoms with Gasteiger partial charge in [0.15, 0.2) is 5.57 Å². The highest BCUT2D eigenvalue weighted by atomic mass is 16.6. The van der Waals surface area contributed by atoms with E-state index >= 15 is 0 Å². The molecule has 4 rings (SSSR count). The van der Waals surface area contributed by atoms with Gasteiger partial charge in [0, 0.05) is 32.1 Å². The fourth-order valence-electron chi connectivity index (χ4n) is 4.84. The molecule has 2 heterocycles. The average molecular weight is 416 g/mol. The molecule has 2 aliphatic heterocycles. The fourth-order valence-corrected chi connectivity index (χ4v) is 4.84. The molecular formula is C20H22N3O7+. The van der Waals surface area contributed by atoms with Crippen molar-refractivity contribution in [3.63, 3.8) is 0 Å². The van der Waals surface area contributed by atoms with E-state index in [0.29, 0.717) is 5.56 Å². The fraction of sp³-hybridized carbons (Fsp3) is 0.350. The first-order valence-corrected chi connectivity index (χ1v) is 9.38. The van der Waals surface area contributed by atoms with Crippen LogP contribution in [0.4, 0.5) is 5.69 Å². The summed E-state index contributed by atoms with van der Waals surface area (Å²) in [5.74, 6) is -5.53. The van der Waals surface area contributed by atoms with Crippen LogP contribution in [0.5, 0.6) is 5.75 Å². The summed E-state index contributed by atoms with van der Waals surface area (Å²) in [5, 5.41) is 42.5. The first kappa shape index (κ1) is 19.9. The van der Waals surface area contributed by atoms with E-state index < -0.39 is 51.4 Å². The lowest BCUT2D eigenvalue weighted by Gasteiger charge is -2.43. The summed E-state index contributed by atoms with van der Waals surface area (Å²) in [6.45, 7) is 0. The minimum atomic E-state index is -1.78. The number of hydrogen-bond acceptors (Lipinski definition) is 8. The molecule has 3 unspecified atom stereocenters. The Morgan fingerprint density at radius 2 is 1.80 bits per heavy atom. The van der Waals surface area contributed by atoms with Gasteiger partial charge in [0.1, 0.15) is 28.9 Å². The molecule has 6 N–H and O–H groups in total. The maximum Gasteiger partial charge on any atom is 0.395 e. The number of fused-ring (bicyclic) bond motifs is 3. The molecule has 0 radical (unpaired) electrons. The number of primary amides is 1. The maximum absolute atomic E-state index is 13.3. The van der Waals surface area contributed by atoms with Crippen molar-refractivity contribution in [3.8, 4) is 5.75 Å². The number of carbonyl (C=O) groups excluding carboxylic acids is 3. The summed E-state index contributed by atoms with van der Waals surface area (Å²) in [7, 11) is 3.61. The van der Waals surface area contributed by atoms with E-state index in [1.165, 1.54) is 6.07 Å². The summed E-state index contributed by atoms with van der Waals surface area (Å²) < 4.78 is -1.78. The molecule has 158 valence electrons. The van der Waals surface area contributed by atoms with Gasteiger partial charge in [-0.1, -0.05) is 0 Å². The van der Waals surface area contributed by atoms with Crippen molar-refractivity contribution in [1.29, 1.82) is 0 Å². The lowest BCUT2D eigenvalue weighted by molar-refractivity contribution is -0.996. The second-order valence-corrected chi connectivity index (χ2v) is 8.09. The van der Waals surface area contributed by atoms with Gasteiger partial charge >= 0.3 is 11.8 Å². The van der Waals surface area contributed by atoms with Crippen LogP contribution in [0.2, 0.25) is 0 Å². The number of phenols is 1. The SMILES string of the molecule is CN(C)c1ccc(O)c2c1CC1CC3CC(O)=C(C(N)=O)C(=O)[N+]3(O)C(=O)C1=C2O. The van der Waals surface area contributed by atoms with Crippen LogP contribution in [-0.4, -0.2) is 63.0 Å². The largest absolute Gasteiger partial charge is 0.511 e. The molecule has 30 heavy (non-hydrogen) atoms. The van der Waals surface area contributed by atoms with Crippen molar-refractivity contribution < 1.29 is 39.6 Å². The Labute approximate surface area is 171 Å². The number of phenolic OH excluding ortho intramolecular Hbond substituents is 1. The van der Waals surface area contributed by atoms with Gasteiger partial charge in [0.05, 0.1) is 12.0 Å². The number of aromatic hydroxyl groups is 1. The third-order valence-electron chi connectivity index (χ3n) is 6.21. The molecule has 1 aromatic carbocycles. The van der Waals surface area contributed by atoms with E-state index in [9.17, 15) is 34.9 Å². The number of benzene rings is 1. The Kier molecular flexibility index (Phi) is 4.19. The number of amides is 3. The second-order valence-electron chi connectivity index (χ2n) is 8.09. The monoisotopic (exact) mass is 416 g/mol. The topological polar surface area (TPSA) is 161 Å². The Hall–Kier alpha value is -3.37. The van der Waals surface area contributed by atoms with Gasteiger partial charge in [-0.2, -0.15) is 0 Å².